The molecule has 2 rings (SSSR count). The van der Waals surface area contributed by atoms with E-state index in [2.05, 4.69) is 41.5 Å². The Labute approximate surface area is 104 Å². The van der Waals surface area contributed by atoms with Gasteiger partial charge in [-0.3, -0.25) is 0 Å². The van der Waals surface area contributed by atoms with E-state index >= 15 is 0 Å². The van der Waals surface area contributed by atoms with Crippen molar-refractivity contribution in [2.75, 3.05) is 32.6 Å². The first-order valence-corrected chi connectivity index (χ1v) is 6.31. The van der Waals surface area contributed by atoms with Crippen molar-refractivity contribution in [2.24, 2.45) is 0 Å². The van der Waals surface area contributed by atoms with Crippen molar-refractivity contribution in [3.8, 4) is 0 Å². The van der Waals surface area contributed by atoms with Gasteiger partial charge in [0.15, 0.2) is 0 Å². The minimum Gasteiger partial charge on any atom is -0.382 e. The molecule has 0 amide bonds. The fourth-order valence-electron chi connectivity index (χ4n) is 2.31. The molecule has 1 aromatic carbocycles. The Kier molecular flexibility index (Phi) is 4.40. The molecule has 0 aromatic heterocycles. The zero-order chi connectivity index (χ0) is 12.1. The van der Waals surface area contributed by atoms with Crippen molar-refractivity contribution in [3.63, 3.8) is 0 Å². The second kappa shape index (κ2) is 6.03. The van der Waals surface area contributed by atoms with E-state index in [4.69, 9.17) is 4.74 Å². The monoisotopic (exact) mass is 234 g/mol. The van der Waals surface area contributed by atoms with Crippen molar-refractivity contribution in [1.29, 1.82) is 0 Å². The summed E-state index contributed by atoms with van der Waals surface area (Å²) in [7, 11) is 3.92. The molecule has 17 heavy (non-hydrogen) atoms. The van der Waals surface area contributed by atoms with Crippen LogP contribution < -0.4 is 5.32 Å². The maximum absolute atomic E-state index is 5.15. The smallest absolute Gasteiger partial charge is 0.0713 e. The number of rotatable bonds is 4. The third kappa shape index (κ3) is 3.72. The minimum absolute atomic E-state index is 0.615. The Morgan fingerprint density at radius 1 is 1.35 bits per heavy atom. The Bertz CT molecular complexity index is 346. The van der Waals surface area contributed by atoms with Crippen LogP contribution in [-0.2, 0) is 11.3 Å². The molecule has 0 saturated carbocycles. The van der Waals surface area contributed by atoms with E-state index < -0.39 is 0 Å². The standard InChI is InChI=1S/C14H22N2O/c1-16-8-6-13(7-9-16)15-14-5-3-4-12(10-14)11-17-2/h3-5,10,13,15H,6-9,11H2,1-2H3. The number of anilines is 1. The van der Waals surface area contributed by atoms with Crippen molar-refractivity contribution in [1.82, 2.24) is 4.90 Å². The van der Waals surface area contributed by atoms with E-state index in [1.807, 2.05) is 0 Å². The summed E-state index contributed by atoms with van der Waals surface area (Å²) in [5, 5.41) is 3.62. The molecule has 3 nitrogen and oxygen atoms in total. The zero-order valence-electron chi connectivity index (χ0n) is 10.8. The second-order valence-corrected chi connectivity index (χ2v) is 4.86. The van der Waals surface area contributed by atoms with Gasteiger partial charge in [-0.1, -0.05) is 12.1 Å². The summed E-state index contributed by atoms with van der Waals surface area (Å²) < 4.78 is 5.15. The first-order valence-electron chi connectivity index (χ1n) is 6.31. The van der Waals surface area contributed by atoms with Gasteiger partial charge in [-0.2, -0.15) is 0 Å². The average Bonchev–Trinajstić information content (AvgIpc) is 2.33. The lowest BCUT2D eigenvalue weighted by Crippen LogP contribution is -2.36. The van der Waals surface area contributed by atoms with Crippen LogP contribution in [0.1, 0.15) is 18.4 Å². The average molecular weight is 234 g/mol. The van der Waals surface area contributed by atoms with Crippen LogP contribution in [0.2, 0.25) is 0 Å². The van der Waals surface area contributed by atoms with Gasteiger partial charge in [0.05, 0.1) is 6.61 Å². The number of methoxy groups -OCH3 is 1. The van der Waals surface area contributed by atoms with Crippen molar-refractivity contribution in [3.05, 3.63) is 29.8 Å². The molecule has 1 aliphatic rings. The third-order valence-electron chi connectivity index (χ3n) is 3.33. The highest BCUT2D eigenvalue weighted by molar-refractivity contribution is 5.46. The van der Waals surface area contributed by atoms with Gasteiger partial charge in [-0.15, -0.1) is 0 Å². The first-order chi connectivity index (χ1) is 8.28. The van der Waals surface area contributed by atoms with E-state index in [-0.39, 0.29) is 0 Å². The van der Waals surface area contributed by atoms with Crippen molar-refractivity contribution >= 4 is 5.69 Å². The molecule has 0 unspecified atom stereocenters. The molecular formula is C14H22N2O. The fraction of sp³-hybridized carbons (Fsp3) is 0.571. The lowest BCUT2D eigenvalue weighted by Gasteiger charge is -2.30. The highest BCUT2D eigenvalue weighted by atomic mass is 16.5. The lowest BCUT2D eigenvalue weighted by molar-refractivity contribution is 0.185. The minimum atomic E-state index is 0.615. The molecule has 0 atom stereocenters. The van der Waals surface area contributed by atoms with Crippen LogP contribution in [-0.4, -0.2) is 38.2 Å². The molecule has 1 aliphatic heterocycles. The molecule has 3 heteroatoms. The van der Waals surface area contributed by atoms with Crippen LogP contribution in [0, 0.1) is 0 Å². The maximum Gasteiger partial charge on any atom is 0.0713 e. The van der Waals surface area contributed by atoms with Crippen molar-refractivity contribution < 1.29 is 4.74 Å². The van der Waals surface area contributed by atoms with Gasteiger partial charge in [-0.25, -0.2) is 0 Å². The molecular weight excluding hydrogens is 212 g/mol. The van der Waals surface area contributed by atoms with Gasteiger partial charge in [0, 0.05) is 18.8 Å². The summed E-state index contributed by atoms with van der Waals surface area (Å²) in [6, 6.07) is 9.12. The third-order valence-corrected chi connectivity index (χ3v) is 3.33. The lowest BCUT2D eigenvalue weighted by atomic mass is 10.0. The van der Waals surface area contributed by atoms with Gasteiger partial charge in [-0.05, 0) is 50.7 Å². The van der Waals surface area contributed by atoms with Gasteiger partial charge in [0.1, 0.15) is 0 Å². The largest absolute Gasteiger partial charge is 0.382 e. The number of nitrogens with one attached hydrogen (secondary N) is 1. The Balaban J connectivity index is 1.91. The van der Waals surface area contributed by atoms with Crippen molar-refractivity contribution in [2.45, 2.75) is 25.5 Å². The summed E-state index contributed by atoms with van der Waals surface area (Å²) in [5.74, 6) is 0. The molecule has 0 spiro atoms. The predicted molar refractivity (Wildman–Crippen MR) is 71.3 cm³/mol. The van der Waals surface area contributed by atoms with Crippen LogP contribution in [0.25, 0.3) is 0 Å². The molecule has 0 aliphatic carbocycles. The predicted octanol–water partition coefficient (Wildman–Crippen LogP) is 2.34. The summed E-state index contributed by atoms with van der Waals surface area (Å²) in [5.41, 5.74) is 2.44. The van der Waals surface area contributed by atoms with E-state index in [1.165, 1.54) is 37.2 Å². The van der Waals surface area contributed by atoms with Crippen LogP contribution in [0.4, 0.5) is 5.69 Å². The number of hydrogen-bond donors (Lipinski definition) is 1. The molecule has 0 radical (unpaired) electrons. The summed E-state index contributed by atoms with van der Waals surface area (Å²) in [6.07, 6.45) is 2.45. The van der Waals surface area contributed by atoms with Gasteiger partial charge < -0.3 is 15.0 Å². The van der Waals surface area contributed by atoms with Gasteiger partial charge >= 0.3 is 0 Å². The molecule has 1 fully saturated rings. The van der Waals surface area contributed by atoms with E-state index in [0.29, 0.717) is 12.6 Å². The van der Waals surface area contributed by atoms with Gasteiger partial charge in [0.2, 0.25) is 0 Å². The maximum atomic E-state index is 5.15. The van der Waals surface area contributed by atoms with E-state index in [0.717, 1.165) is 0 Å². The van der Waals surface area contributed by atoms with Gasteiger partial charge in [0.25, 0.3) is 0 Å². The Hall–Kier alpha value is -1.06. The fourth-order valence-corrected chi connectivity index (χ4v) is 2.31. The Morgan fingerprint density at radius 3 is 2.82 bits per heavy atom. The summed E-state index contributed by atoms with van der Waals surface area (Å²) in [6.45, 7) is 3.06. The second-order valence-electron chi connectivity index (χ2n) is 4.86. The molecule has 1 heterocycles. The van der Waals surface area contributed by atoms with Crippen LogP contribution >= 0.6 is 0 Å². The number of likely N-dealkylation sites (tertiary alicyclic amines) is 1. The highest BCUT2D eigenvalue weighted by Gasteiger charge is 2.15. The molecule has 1 saturated heterocycles. The number of piperidine rings is 1. The van der Waals surface area contributed by atoms with E-state index in [1.54, 1.807) is 7.11 Å². The molecule has 0 bridgehead atoms. The van der Waals surface area contributed by atoms with Crippen LogP contribution in [0.3, 0.4) is 0 Å². The zero-order valence-corrected chi connectivity index (χ0v) is 10.8. The number of benzene rings is 1. The molecule has 1 aromatic rings. The topological polar surface area (TPSA) is 24.5 Å². The van der Waals surface area contributed by atoms with Crippen LogP contribution in [0.15, 0.2) is 24.3 Å². The van der Waals surface area contributed by atoms with E-state index in [9.17, 15) is 0 Å². The number of hydrogen-bond acceptors (Lipinski definition) is 3. The van der Waals surface area contributed by atoms with Crippen LogP contribution in [0.5, 0.6) is 0 Å². The summed E-state index contributed by atoms with van der Waals surface area (Å²) >= 11 is 0. The quantitative estimate of drug-likeness (QED) is 0.865. The number of nitrogens with zero attached hydrogens (tertiary/aromatic N) is 1. The summed E-state index contributed by atoms with van der Waals surface area (Å²) in [4.78, 5) is 2.39. The normalized spacial score (nSPS) is 18.2. The number of ether oxygens (including phenoxy) is 1. The Morgan fingerprint density at radius 2 is 2.12 bits per heavy atom. The molecule has 1 N–H and O–H groups in total. The molecule has 94 valence electrons. The SMILES string of the molecule is COCc1cccc(NC2CCN(C)CC2)c1. The first kappa shape index (κ1) is 12.4. The highest BCUT2D eigenvalue weighted by Crippen LogP contribution is 2.17.